The van der Waals surface area contributed by atoms with E-state index in [1.54, 1.807) is 0 Å². The fourth-order valence-corrected chi connectivity index (χ4v) is 3.07. The van der Waals surface area contributed by atoms with Crippen molar-refractivity contribution in [1.82, 2.24) is 0 Å². The van der Waals surface area contributed by atoms with Gasteiger partial charge in [0.2, 0.25) is 0 Å². The number of thioether (sulfide) groups is 1. The molecule has 2 heteroatoms. The predicted molar refractivity (Wildman–Crippen MR) is 84.6 cm³/mol. The van der Waals surface area contributed by atoms with Crippen molar-refractivity contribution in [2.45, 2.75) is 30.7 Å². The molecule has 0 saturated carbocycles. The summed E-state index contributed by atoms with van der Waals surface area (Å²) in [6.45, 7) is 2.15. The molecule has 0 fully saturated rings. The molecular formula is C17H21NS. The quantitative estimate of drug-likeness (QED) is 0.802. The van der Waals surface area contributed by atoms with Crippen LogP contribution in [0.5, 0.6) is 0 Å². The Morgan fingerprint density at radius 1 is 1.00 bits per heavy atom. The van der Waals surface area contributed by atoms with Crippen LogP contribution in [0.2, 0.25) is 0 Å². The molecule has 0 heterocycles. The van der Waals surface area contributed by atoms with E-state index in [9.17, 15) is 0 Å². The van der Waals surface area contributed by atoms with Crippen molar-refractivity contribution in [3.8, 4) is 0 Å². The van der Waals surface area contributed by atoms with Crippen LogP contribution in [0.1, 0.15) is 17.5 Å². The van der Waals surface area contributed by atoms with Crippen molar-refractivity contribution in [1.29, 1.82) is 0 Å². The van der Waals surface area contributed by atoms with Gasteiger partial charge >= 0.3 is 0 Å². The second-order valence-corrected chi connectivity index (χ2v) is 6.01. The van der Waals surface area contributed by atoms with Gasteiger partial charge < -0.3 is 5.73 Å². The summed E-state index contributed by atoms with van der Waals surface area (Å²) in [6.07, 6.45) is 2.02. The van der Waals surface area contributed by atoms with Crippen LogP contribution in [-0.2, 0) is 6.42 Å². The second kappa shape index (κ2) is 7.37. The molecule has 0 aliphatic rings. The van der Waals surface area contributed by atoms with Gasteiger partial charge in [-0.15, -0.1) is 11.8 Å². The summed E-state index contributed by atoms with van der Waals surface area (Å²) in [5.41, 5.74) is 8.94. The third-order valence-corrected chi connectivity index (χ3v) is 4.29. The van der Waals surface area contributed by atoms with Crippen LogP contribution in [0.3, 0.4) is 0 Å². The van der Waals surface area contributed by atoms with E-state index in [0.29, 0.717) is 0 Å². The molecule has 0 amide bonds. The summed E-state index contributed by atoms with van der Waals surface area (Å²) in [4.78, 5) is 1.32. The van der Waals surface area contributed by atoms with Gasteiger partial charge in [-0.1, -0.05) is 42.5 Å². The number of benzene rings is 2. The van der Waals surface area contributed by atoms with E-state index >= 15 is 0 Å². The Bertz CT molecular complexity index is 496. The van der Waals surface area contributed by atoms with Gasteiger partial charge in [-0.2, -0.15) is 0 Å². The highest BCUT2D eigenvalue weighted by Gasteiger charge is 2.06. The summed E-state index contributed by atoms with van der Waals surface area (Å²) in [5.74, 6) is 1.08. The number of hydrogen-bond acceptors (Lipinski definition) is 2. The second-order valence-electron chi connectivity index (χ2n) is 4.84. The minimum absolute atomic E-state index is 0.248. The topological polar surface area (TPSA) is 26.0 Å². The van der Waals surface area contributed by atoms with Crippen LogP contribution in [0, 0.1) is 6.92 Å². The van der Waals surface area contributed by atoms with Crippen LogP contribution in [0.15, 0.2) is 59.5 Å². The van der Waals surface area contributed by atoms with E-state index in [1.165, 1.54) is 16.0 Å². The smallest absolute Gasteiger partial charge is 0.00873 e. The standard InChI is InChI=1S/C17H21NS/c1-14-7-5-6-8-15(14)13-16(18)11-12-19-17-9-3-2-4-10-17/h2-10,16H,11-13,18H2,1H3. The Morgan fingerprint density at radius 2 is 1.68 bits per heavy atom. The van der Waals surface area contributed by atoms with Crippen LogP contribution < -0.4 is 5.73 Å². The summed E-state index contributed by atoms with van der Waals surface area (Å²) in [7, 11) is 0. The van der Waals surface area contributed by atoms with Crippen LogP contribution in [-0.4, -0.2) is 11.8 Å². The maximum absolute atomic E-state index is 6.23. The molecule has 0 spiro atoms. The van der Waals surface area contributed by atoms with E-state index in [1.807, 2.05) is 17.8 Å². The highest BCUT2D eigenvalue weighted by atomic mass is 32.2. The first-order valence-electron chi connectivity index (χ1n) is 6.73. The molecule has 2 aromatic carbocycles. The Balaban J connectivity index is 1.76. The predicted octanol–water partition coefficient (Wildman–Crippen LogP) is 4.05. The zero-order valence-electron chi connectivity index (χ0n) is 11.4. The third kappa shape index (κ3) is 4.73. The zero-order chi connectivity index (χ0) is 13.5. The summed E-state index contributed by atoms with van der Waals surface area (Å²) in [6, 6.07) is 19.3. The molecule has 0 aliphatic heterocycles. The van der Waals surface area contributed by atoms with Gasteiger partial charge in [0.25, 0.3) is 0 Å². The highest BCUT2D eigenvalue weighted by molar-refractivity contribution is 7.99. The number of rotatable bonds is 6. The van der Waals surface area contributed by atoms with E-state index in [2.05, 4.69) is 55.5 Å². The van der Waals surface area contributed by atoms with Gasteiger partial charge in [-0.3, -0.25) is 0 Å². The first kappa shape index (κ1) is 14.2. The van der Waals surface area contributed by atoms with Gasteiger partial charge in [-0.05, 0) is 48.8 Å². The van der Waals surface area contributed by atoms with Crippen molar-refractivity contribution >= 4 is 11.8 Å². The number of nitrogens with two attached hydrogens (primary N) is 1. The Labute approximate surface area is 120 Å². The zero-order valence-corrected chi connectivity index (χ0v) is 12.2. The minimum atomic E-state index is 0.248. The van der Waals surface area contributed by atoms with Crippen LogP contribution in [0.25, 0.3) is 0 Å². The molecule has 0 saturated heterocycles. The molecule has 2 rings (SSSR count). The molecule has 0 radical (unpaired) electrons. The lowest BCUT2D eigenvalue weighted by Gasteiger charge is -2.13. The van der Waals surface area contributed by atoms with E-state index in [0.717, 1.165) is 18.6 Å². The molecule has 0 bridgehead atoms. The van der Waals surface area contributed by atoms with Gasteiger partial charge in [0.15, 0.2) is 0 Å². The van der Waals surface area contributed by atoms with E-state index < -0.39 is 0 Å². The maximum Gasteiger partial charge on any atom is 0.00873 e. The van der Waals surface area contributed by atoms with Gasteiger partial charge in [0.1, 0.15) is 0 Å². The van der Waals surface area contributed by atoms with Gasteiger partial charge in [-0.25, -0.2) is 0 Å². The van der Waals surface area contributed by atoms with E-state index in [4.69, 9.17) is 5.73 Å². The first-order valence-corrected chi connectivity index (χ1v) is 7.72. The lowest BCUT2D eigenvalue weighted by molar-refractivity contribution is 0.650. The molecular weight excluding hydrogens is 250 g/mol. The molecule has 0 aliphatic carbocycles. The minimum Gasteiger partial charge on any atom is -0.327 e. The Hall–Kier alpha value is -1.25. The normalized spacial score (nSPS) is 12.3. The molecule has 1 atom stereocenters. The van der Waals surface area contributed by atoms with Crippen LogP contribution >= 0.6 is 11.8 Å². The highest BCUT2D eigenvalue weighted by Crippen LogP contribution is 2.19. The third-order valence-electron chi connectivity index (χ3n) is 3.24. The fraction of sp³-hybridized carbons (Fsp3) is 0.294. The SMILES string of the molecule is Cc1ccccc1CC(N)CCSc1ccccc1. The molecule has 1 unspecified atom stereocenters. The summed E-state index contributed by atoms with van der Waals surface area (Å²) in [5, 5.41) is 0. The largest absolute Gasteiger partial charge is 0.327 e. The number of aryl methyl sites for hydroxylation is 1. The summed E-state index contributed by atoms with van der Waals surface area (Å²) < 4.78 is 0. The average Bonchev–Trinajstić information content (AvgIpc) is 2.43. The van der Waals surface area contributed by atoms with Crippen molar-refractivity contribution in [3.63, 3.8) is 0 Å². The molecule has 19 heavy (non-hydrogen) atoms. The van der Waals surface area contributed by atoms with Gasteiger partial charge in [0, 0.05) is 10.9 Å². The molecule has 2 aromatic rings. The maximum atomic E-state index is 6.23. The Kier molecular flexibility index (Phi) is 5.49. The lowest BCUT2D eigenvalue weighted by atomic mass is 10.0. The molecule has 100 valence electrons. The number of hydrogen-bond donors (Lipinski definition) is 1. The van der Waals surface area contributed by atoms with E-state index in [-0.39, 0.29) is 6.04 Å². The van der Waals surface area contributed by atoms with Crippen molar-refractivity contribution in [2.75, 3.05) is 5.75 Å². The average molecular weight is 271 g/mol. The first-order chi connectivity index (χ1) is 9.25. The monoisotopic (exact) mass is 271 g/mol. The molecule has 1 nitrogen and oxygen atoms in total. The van der Waals surface area contributed by atoms with Crippen molar-refractivity contribution < 1.29 is 0 Å². The molecule has 2 N–H and O–H groups in total. The summed E-state index contributed by atoms with van der Waals surface area (Å²) >= 11 is 1.88. The van der Waals surface area contributed by atoms with Crippen molar-refractivity contribution in [3.05, 3.63) is 65.7 Å². The van der Waals surface area contributed by atoms with Gasteiger partial charge in [0.05, 0.1) is 0 Å². The van der Waals surface area contributed by atoms with Crippen molar-refractivity contribution in [2.24, 2.45) is 5.73 Å². The fourth-order valence-electron chi connectivity index (χ4n) is 2.07. The Morgan fingerprint density at radius 3 is 2.42 bits per heavy atom. The molecule has 0 aromatic heterocycles. The van der Waals surface area contributed by atoms with Crippen LogP contribution in [0.4, 0.5) is 0 Å². The lowest BCUT2D eigenvalue weighted by Crippen LogP contribution is -2.23.